The van der Waals surface area contributed by atoms with Crippen molar-refractivity contribution in [1.29, 1.82) is 0 Å². The van der Waals surface area contributed by atoms with E-state index in [1.165, 1.54) is 0 Å². The maximum atomic E-state index is 11.6. The van der Waals surface area contributed by atoms with Crippen molar-refractivity contribution >= 4 is 0 Å². The first-order valence-electron chi connectivity index (χ1n) is 14.2. The van der Waals surface area contributed by atoms with Crippen LogP contribution in [0.15, 0.2) is 0 Å². The van der Waals surface area contributed by atoms with E-state index in [-0.39, 0.29) is 42.7 Å². The molecule has 2 aliphatic heterocycles. The summed E-state index contributed by atoms with van der Waals surface area (Å²) in [4.78, 5) is 0. The van der Waals surface area contributed by atoms with Gasteiger partial charge in [0.15, 0.2) is 12.6 Å². The SMILES string of the molecule is CCCC[C@@H]1C[C@H](C)C(OC2O[C@H](C(C)C)CC[C@H]2C)[C@H](O)C1OC1OC[C@](C)(O)[C@H](CC)[C@H]1O. The van der Waals surface area contributed by atoms with E-state index >= 15 is 0 Å². The Labute approximate surface area is 212 Å². The summed E-state index contributed by atoms with van der Waals surface area (Å²) in [5.74, 6) is 0.629. The third-order valence-corrected chi connectivity index (χ3v) is 8.78. The zero-order chi connectivity index (χ0) is 25.9. The molecular formula is C28H52O7. The van der Waals surface area contributed by atoms with Crippen LogP contribution >= 0.6 is 0 Å². The van der Waals surface area contributed by atoms with Gasteiger partial charge in [-0.15, -0.1) is 0 Å². The molecule has 206 valence electrons. The van der Waals surface area contributed by atoms with Crippen LogP contribution in [0.2, 0.25) is 0 Å². The molecule has 2 saturated heterocycles. The average molecular weight is 501 g/mol. The molecule has 3 fully saturated rings. The monoisotopic (exact) mass is 500 g/mol. The Kier molecular flexibility index (Phi) is 10.5. The Morgan fingerprint density at radius 2 is 1.66 bits per heavy atom. The van der Waals surface area contributed by atoms with Gasteiger partial charge in [0.25, 0.3) is 0 Å². The molecule has 0 aromatic rings. The number of aliphatic hydroxyl groups excluding tert-OH is 2. The molecule has 3 rings (SSSR count). The van der Waals surface area contributed by atoms with E-state index in [9.17, 15) is 15.3 Å². The van der Waals surface area contributed by atoms with Crippen LogP contribution in [0.5, 0.6) is 0 Å². The fourth-order valence-electron chi connectivity index (χ4n) is 6.42. The minimum Gasteiger partial charge on any atom is -0.388 e. The third-order valence-electron chi connectivity index (χ3n) is 8.78. The van der Waals surface area contributed by atoms with Gasteiger partial charge in [-0.25, -0.2) is 0 Å². The Hall–Kier alpha value is -0.280. The van der Waals surface area contributed by atoms with Crippen LogP contribution in [0.4, 0.5) is 0 Å². The number of aliphatic hydroxyl groups is 3. The van der Waals surface area contributed by atoms with Crippen LogP contribution in [-0.2, 0) is 18.9 Å². The topological polar surface area (TPSA) is 97.6 Å². The Morgan fingerprint density at radius 3 is 2.29 bits per heavy atom. The smallest absolute Gasteiger partial charge is 0.184 e. The molecular weight excluding hydrogens is 448 g/mol. The van der Waals surface area contributed by atoms with Crippen molar-refractivity contribution in [3.05, 3.63) is 0 Å². The van der Waals surface area contributed by atoms with Gasteiger partial charge >= 0.3 is 0 Å². The number of hydrogen-bond acceptors (Lipinski definition) is 7. The standard InChI is InChI=1S/C28H52O7/c1-8-10-11-19-14-18(6)24(34-26-17(5)12-13-21(33-26)16(3)4)23(30)25(19)35-27-22(29)20(9-2)28(7,31)15-32-27/h16-27,29-31H,8-15H2,1-7H3/t17-,18+,19-,20-,21+,22-,23+,24?,25?,26?,27?,28+/m1/s1. The predicted molar refractivity (Wildman–Crippen MR) is 135 cm³/mol. The first-order valence-corrected chi connectivity index (χ1v) is 14.2. The number of hydrogen-bond donors (Lipinski definition) is 3. The normalized spacial score (nSPS) is 47.2. The number of ether oxygens (including phenoxy) is 4. The van der Waals surface area contributed by atoms with Crippen molar-refractivity contribution in [3.8, 4) is 0 Å². The van der Waals surface area contributed by atoms with Crippen molar-refractivity contribution in [2.45, 2.75) is 142 Å². The highest BCUT2D eigenvalue weighted by Gasteiger charge is 2.50. The molecule has 3 N–H and O–H groups in total. The van der Waals surface area contributed by atoms with Crippen LogP contribution in [-0.4, -0.2) is 70.6 Å². The molecule has 12 atom stereocenters. The van der Waals surface area contributed by atoms with Gasteiger partial charge in [-0.05, 0) is 56.8 Å². The van der Waals surface area contributed by atoms with Crippen molar-refractivity contribution < 1.29 is 34.3 Å². The number of unbranched alkanes of at least 4 members (excludes halogenated alkanes) is 1. The first kappa shape index (κ1) is 29.3. The van der Waals surface area contributed by atoms with Crippen LogP contribution < -0.4 is 0 Å². The van der Waals surface area contributed by atoms with E-state index in [1.807, 2.05) is 6.92 Å². The summed E-state index contributed by atoms with van der Waals surface area (Å²) >= 11 is 0. The Bertz CT molecular complexity index is 641. The molecule has 4 unspecified atom stereocenters. The summed E-state index contributed by atoms with van der Waals surface area (Å²) in [5, 5.41) is 33.3. The lowest BCUT2D eigenvalue weighted by atomic mass is 9.74. The van der Waals surface area contributed by atoms with Gasteiger partial charge in [0, 0.05) is 11.8 Å². The maximum Gasteiger partial charge on any atom is 0.184 e. The molecule has 7 heteroatoms. The predicted octanol–water partition coefficient (Wildman–Crippen LogP) is 4.26. The lowest BCUT2D eigenvalue weighted by molar-refractivity contribution is -0.325. The minimum absolute atomic E-state index is 0.0933. The van der Waals surface area contributed by atoms with Gasteiger partial charge in [0.2, 0.25) is 0 Å². The van der Waals surface area contributed by atoms with E-state index in [4.69, 9.17) is 18.9 Å². The van der Waals surface area contributed by atoms with Crippen molar-refractivity contribution in [3.63, 3.8) is 0 Å². The highest BCUT2D eigenvalue weighted by Crippen LogP contribution is 2.41. The fraction of sp³-hybridized carbons (Fsp3) is 1.00. The maximum absolute atomic E-state index is 11.6. The highest BCUT2D eigenvalue weighted by atomic mass is 16.7. The quantitative estimate of drug-likeness (QED) is 0.435. The second kappa shape index (κ2) is 12.5. The molecule has 0 aromatic heterocycles. The zero-order valence-electron chi connectivity index (χ0n) is 23.1. The molecule has 0 amide bonds. The molecule has 2 heterocycles. The van der Waals surface area contributed by atoms with Crippen LogP contribution in [0, 0.1) is 29.6 Å². The van der Waals surface area contributed by atoms with E-state index in [0.717, 1.165) is 38.5 Å². The summed E-state index contributed by atoms with van der Waals surface area (Å²) in [5.41, 5.74) is -1.11. The third kappa shape index (κ3) is 6.78. The lowest BCUT2D eigenvalue weighted by Gasteiger charge is -2.49. The number of rotatable bonds is 9. The van der Waals surface area contributed by atoms with Crippen molar-refractivity contribution in [2.75, 3.05) is 6.61 Å². The largest absolute Gasteiger partial charge is 0.388 e. The van der Waals surface area contributed by atoms with Crippen LogP contribution in [0.3, 0.4) is 0 Å². The van der Waals surface area contributed by atoms with Gasteiger partial charge in [-0.2, -0.15) is 0 Å². The second-order valence-electron chi connectivity index (χ2n) is 12.2. The molecule has 3 aliphatic rings. The van der Waals surface area contributed by atoms with Gasteiger partial charge < -0.3 is 34.3 Å². The molecule has 35 heavy (non-hydrogen) atoms. The Balaban J connectivity index is 1.76. The summed E-state index contributed by atoms with van der Waals surface area (Å²) in [6.07, 6.45) is 2.83. The molecule has 0 aromatic carbocycles. The van der Waals surface area contributed by atoms with Gasteiger partial charge in [-0.1, -0.05) is 54.4 Å². The second-order valence-corrected chi connectivity index (χ2v) is 12.2. The van der Waals surface area contributed by atoms with Gasteiger partial charge in [0.1, 0.15) is 12.2 Å². The van der Waals surface area contributed by atoms with E-state index in [0.29, 0.717) is 12.3 Å². The van der Waals surface area contributed by atoms with Gasteiger partial charge in [0.05, 0.1) is 30.5 Å². The van der Waals surface area contributed by atoms with Crippen molar-refractivity contribution in [2.24, 2.45) is 29.6 Å². The van der Waals surface area contributed by atoms with Crippen molar-refractivity contribution in [1.82, 2.24) is 0 Å². The summed E-state index contributed by atoms with van der Waals surface area (Å²) < 4.78 is 25.1. The molecule has 1 saturated carbocycles. The summed E-state index contributed by atoms with van der Waals surface area (Å²) in [7, 11) is 0. The molecule has 0 bridgehead atoms. The summed E-state index contributed by atoms with van der Waals surface area (Å²) in [6.45, 7) is 14.6. The van der Waals surface area contributed by atoms with Crippen LogP contribution in [0.1, 0.15) is 93.4 Å². The average Bonchev–Trinajstić information content (AvgIpc) is 2.79. The summed E-state index contributed by atoms with van der Waals surface area (Å²) in [6, 6.07) is 0. The van der Waals surface area contributed by atoms with Crippen LogP contribution in [0.25, 0.3) is 0 Å². The van der Waals surface area contributed by atoms with E-state index in [1.54, 1.807) is 6.92 Å². The fourth-order valence-corrected chi connectivity index (χ4v) is 6.42. The lowest BCUT2D eigenvalue weighted by Crippen LogP contribution is -2.60. The zero-order valence-corrected chi connectivity index (χ0v) is 23.1. The highest BCUT2D eigenvalue weighted by molar-refractivity contribution is 4.96. The first-order chi connectivity index (χ1) is 16.5. The molecule has 0 radical (unpaired) electrons. The molecule has 1 aliphatic carbocycles. The minimum atomic E-state index is -1.11. The van der Waals surface area contributed by atoms with Gasteiger partial charge in [-0.3, -0.25) is 0 Å². The molecule has 7 nitrogen and oxygen atoms in total. The Morgan fingerprint density at radius 1 is 0.971 bits per heavy atom. The molecule has 0 spiro atoms. The van der Waals surface area contributed by atoms with E-state index < -0.39 is 36.3 Å². The van der Waals surface area contributed by atoms with E-state index in [2.05, 4.69) is 34.6 Å².